The predicted molar refractivity (Wildman–Crippen MR) is 119 cm³/mol. The lowest BCUT2D eigenvalue weighted by Crippen LogP contribution is -2.14. The summed E-state index contributed by atoms with van der Waals surface area (Å²) in [5.74, 6) is -0.743. The number of rotatable bonds is 4. The lowest BCUT2D eigenvalue weighted by molar-refractivity contribution is 0.0970. The fourth-order valence-corrected chi connectivity index (χ4v) is 4.03. The fraction of sp³-hybridized carbons (Fsp3) is 0. The van der Waals surface area contributed by atoms with Crippen LogP contribution in [0.15, 0.2) is 97.1 Å². The lowest BCUT2D eigenvalue weighted by atomic mass is 9.95. The maximum atomic E-state index is 13.5. The monoisotopic (exact) mass is 390 g/mol. The van der Waals surface area contributed by atoms with Crippen LogP contribution in [0.4, 0.5) is 0 Å². The Morgan fingerprint density at radius 1 is 0.600 bits per heavy atom. The maximum absolute atomic E-state index is 13.5. The lowest BCUT2D eigenvalue weighted by Gasteiger charge is -2.07. The van der Waals surface area contributed by atoms with Gasteiger partial charge in [0, 0.05) is 22.3 Å². The number of carbonyl (C=O) groups is 2. The first-order valence-electron chi connectivity index (χ1n) is 9.67. The van der Waals surface area contributed by atoms with Crippen molar-refractivity contribution in [2.24, 2.45) is 5.73 Å². The second kappa shape index (κ2) is 7.01. The van der Waals surface area contributed by atoms with Gasteiger partial charge in [-0.2, -0.15) is 0 Å². The number of nitrogens with zero attached hydrogens (tertiary/aromatic N) is 1. The van der Waals surface area contributed by atoms with E-state index in [2.05, 4.69) is 24.3 Å². The summed E-state index contributed by atoms with van der Waals surface area (Å²) in [6.07, 6.45) is 0. The highest BCUT2D eigenvalue weighted by atomic mass is 16.2. The topological polar surface area (TPSA) is 65.1 Å². The number of primary amides is 1. The number of nitrogens with two attached hydrogens (primary N) is 1. The van der Waals surface area contributed by atoms with Crippen LogP contribution in [0.5, 0.6) is 0 Å². The van der Waals surface area contributed by atoms with Crippen LogP contribution in [0.25, 0.3) is 33.3 Å². The second-order valence-electron chi connectivity index (χ2n) is 7.17. The number of amides is 1. The summed E-state index contributed by atoms with van der Waals surface area (Å²) in [7, 11) is 0. The molecule has 2 N–H and O–H groups in total. The molecule has 0 unspecified atom stereocenters. The van der Waals surface area contributed by atoms with Crippen molar-refractivity contribution in [1.82, 2.24) is 4.57 Å². The van der Waals surface area contributed by atoms with Crippen molar-refractivity contribution in [3.63, 3.8) is 0 Å². The molecule has 0 aliphatic heterocycles. The summed E-state index contributed by atoms with van der Waals surface area (Å²) in [5, 5.41) is 0. The average Bonchev–Trinajstić information content (AvgIpc) is 3.36. The van der Waals surface area contributed by atoms with Crippen LogP contribution in [0.1, 0.15) is 20.7 Å². The van der Waals surface area contributed by atoms with Gasteiger partial charge >= 0.3 is 0 Å². The maximum Gasteiger partial charge on any atom is 0.262 e. The smallest absolute Gasteiger partial charge is 0.262 e. The Bertz CT molecular complexity index is 1300. The van der Waals surface area contributed by atoms with Gasteiger partial charge in [0.15, 0.2) is 0 Å². The molecule has 1 amide bonds. The Hall–Kier alpha value is -4.18. The molecule has 0 aliphatic rings. The molecule has 144 valence electrons. The molecule has 30 heavy (non-hydrogen) atoms. The summed E-state index contributed by atoms with van der Waals surface area (Å²) in [6, 6.07) is 30.6. The van der Waals surface area contributed by atoms with Crippen molar-refractivity contribution in [2.45, 2.75) is 0 Å². The molecular formula is C26H18N2O2. The van der Waals surface area contributed by atoms with E-state index in [9.17, 15) is 9.59 Å². The van der Waals surface area contributed by atoms with E-state index in [0.29, 0.717) is 11.1 Å². The molecule has 5 rings (SSSR count). The van der Waals surface area contributed by atoms with Crippen molar-refractivity contribution in [3.05, 3.63) is 108 Å². The third-order valence-electron chi connectivity index (χ3n) is 5.37. The van der Waals surface area contributed by atoms with Gasteiger partial charge in [0.2, 0.25) is 5.91 Å². The highest BCUT2D eigenvalue weighted by Crippen LogP contribution is 2.43. The third kappa shape index (κ3) is 2.78. The quantitative estimate of drug-likeness (QED) is 0.458. The highest BCUT2D eigenvalue weighted by molar-refractivity contribution is 6.14. The first kappa shape index (κ1) is 17.9. The first-order valence-corrected chi connectivity index (χ1v) is 9.67. The summed E-state index contributed by atoms with van der Waals surface area (Å²) in [5.41, 5.74) is 12.0. The van der Waals surface area contributed by atoms with E-state index in [1.165, 1.54) is 0 Å². The number of fused-ring (bicyclic) bond motifs is 2. The molecule has 0 spiro atoms. The summed E-state index contributed by atoms with van der Waals surface area (Å²) < 4.78 is 1.73. The van der Waals surface area contributed by atoms with Crippen molar-refractivity contribution < 1.29 is 9.59 Å². The molecule has 3 aromatic carbocycles. The predicted octanol–water partition coefficient (Wildman–Crippen LogP) is 5.20. The molecule has 0 aliphatic carbocycles. The van der Waals surface area contributed by atoms with E-state index in [-0.39, 0.29) is 5.91 Å². The molecule has 5 aromatic rings. The van der Waals surface area contributed by atoms with Crippen LogP contribution >= 0.6 is 0 Å². The standard InChI is InChI=1S/C26H18N2O2/c27-25(29)19-12-7-13-20(16-19)26(30)28-21-14-15-22(28)24(18-10-5-2-6-11-18)23(21)17-8-3-1-4-9-17/h1-16H,(H2,27,29). The van der Waals surface area contributed by atoms with Crippen LogP contribution < -0.4 is 5.73 Å². The van der Waals surface area contributed by atoms with Crippen molar-refractivity contribution in [1.29, 1.82) is 0 Å². The van der Waals surface area contributed by atoms with E-state index in [4.69, 9.17) is 5.73 Å². The van der Waals surface area contributed by atoms with Gasteiger partial charge < -0.3 is 5.73 Å². The molecule has 0 fully saturated rings. The van der Waals surface area contributed by atoms with Gasteiger partial charge in [-0.25, -0.2) is 0 Å². The zero-order valence-electron chi connectivity index (χ0n) is 16.1. The SMILES string of the molecule is NC(=O)c1cccc(C(=O)n2c3ccc2c(-c2ccccc2)c3-c2ccccc2)c1. The van der Waals surface area contributed by atoms with Gasteiger partial charge in [-0.15, -0.1) is 0 Å². The Morgan fingerprint density at radius 2 is 1.10 bits per heavy atom. The normalized spacial score (nSPS) is 11.1. The Morgan fingerprint density at radius 3 is 1.60 bits per heavy atom. The molecule has 2 bridgehead atoms. The molecule has 0 saturated heterocycles. The zero-order valence-corrected chi connectivity index (χ0v) is 16.1. The number of hydrogen-bond donors (Lipinski definition) is 1. The molecule has 4 nitrogen and oxygen atoms in total. The fourth-order valence-electron chi connectivity index (χ4n) is 4.03. The van der Waals surface area contributed by atoms with Crippen LogP contribution in [0.2, 0.25) is 0 Å². The van der Waals surface area contributed by atoms with Crippen LogP contribution in [0, 0.1) is 0 Å². The third-order valence-corrected chi connectivity index (χ3v) is 5.37. The van der Waals surface area contributed by atoms with Crippen molar-refractivity contribution in [3.8, 4) is 22.3 Å². The minimum absolute atomic E-state index is 0.188. The van der Waals surface area contributed by atoms with Crippen molar-refractivity contribution >= 4 is 22.8 Å². The number of hydrogen-bond acceptors (Lipinski definition) is 2. The number of benzene rings is 4. The number of carbonyl (C=O) groups excluding carboxylic acids is 2. The van der Waals surface area contributed by atoms with E-state index >= 15 is 0 Å². The minimum atomic E-state index is -0.555. The van der Waals surface area contributed by atoms with Gasteiger partial charge in [-0.05, 0) is 41.5 Å². The molecule has 0 saturated carbocycles. The Balaban J connectivity index is 1.76. The van der Waals surface area contributed by atoms with Crippen LogP contribution in [0.3, 0.4) is 0 Å². The van der Waals surface area contributed by atoms with E-state index in [1.54, 1.807) is 28.8 Å². The second-order valence-corrected chi connectivity index (χ2v) is 7.17. The molecule has 0 radical (unpaired) electrons. The van der Waals surface area contributed by atoms with Gasteiger partial charge in [-0.1, -0.05) is 66.7 Å². The summed E-state index contributed by atoms with van der Waals surface area (Å²) >= 11 is 0. The molecular weight excluding hydrogens is 372 g/mol. The zero-order chi connectivity index (χ0) is 20.7. The van der Waals surface area contributed by atoms with Crippen LogP contribution in [-0.4, -0.2) is 16.4 Å². The summed E-state index contributed by atoms with van der Waals surface area (Å²) in [4.78, 5) is 25.1. The van der Waals surface area contributed by atoms with Crippen molar-refractivity contribution in [2.75, 3.05) is 0 Å². The summed E-state index contributed by atoms with van der Waals surface area (Å²) in [6.45, 7) is 0. The Kier molecular flexibility index (Phi) is 4.18. The van der Waals surface area contributed by atoms with Gasteiger partial charge in [0.1, 0.15) is 0 Å². The van der Waals surface area contributed by atoms with Crippen LogP contribution in [-0.2, 0) is 0 Å². The van der Waals surface area contributed by atoms with E-state index in [1.807, 2.05) is 48.5 Å². The van der Waals surface area contributed by atoms with E-state index in [0.717, 1.165) is 33.3 Å². The largest absolute Gasteiger partial charge is 0.366 e. The minimum Gasteiger partial charge on any atom is -0.366 e. The molecule has 4 heteroatoms. The average molecular weight is 390 g/mol. The molecule has 2 heterocycles. The highest BCUT2D eigenvalue weighted by Gasteiger charge is 2.25. The Labute approximate surface area is 173 Å². The van der Waals surface area contributed by atoms with Gasteiger partial charge in [0.25, 0.3) is 5.91 Å². The molecule has 0 atom stereocenters. The molecule has 2 aromatic heterocycles. The first-order chi connectivity index (χ1) is 14.6. The van der Waals surface area contributed by atoms with E-state index < -0.39 is 5.91 Å². The number of aromatic nitrogens is 1. The van der Waals surface area contributed by atoms with Gasteiger partial charge in [0.05, 0.1) is 11.0 Å². The van der Waals surface area contributed by atoms with Gasteiger partial charge in [-0.3, -0.25) is 14.2 Å².